The van der Waals surface area contributed by atoms with E-state index in [9.17, 15) is 23.1 Å². The Morgan fingerprint density at radius 2 is 1.81 bits per heavy atom. The summed E-state index contributed by atoms with van der Waals surface area (Å²) in [5.41, 5.74) is 2.56. The maximum absolute atomic E-state index is 12.5. The minimum absolute atomic E-state index is 0.000645. The molecule has 0 saturated carbocycles. The van der Waals surface area contributed by atoms with Crippen molar-refractivity contribution in [3.8, 4) is 16.9 Å². The summed E-state index contributed by atoms with van der Waals surface area (Å²) in [5, 5.41) is 9.60. The van der Waals surface area contributed by atoms with Crippen LogP contribution in [-0.4, -0.2) is 33.9 Å². The number of aliphatic hydroxyl groups excluding tert-OH is 1. The monoisotopic (exact) mass is 450 g/mol. The van der Waals surface area contributed by atoms with Crippen LogP contribution in [0.2, 0.25) is 5.15 Å². The molecule has 3 rings (SSSR count). The van der Waals surface area contributed by atoms with Gasteiger partial charge in [-0.3, -0.25) is 4.79 Å². The molecule has 0 unspecified atom stereocenters. The summed E-state index contributed by atoms with van der Waals surface area (Å²) in [6, 6.07) is 16.4. The molecule has 0 aliphatic heterocycles. The van der Waals surface area contributed by atoms with E-state index in [2.05, 4.69) is 9.72 Å². The number of pyridine rings is 1. The van der Waals surface area contributed by atoms with E-state index < -0.39 is 24.6 Å². The normalized spacial score (nSPS) is 11.3. The lowest BCUT2D eigenvalue weighted by atomic mass is 10.0. The number of aromatic nitrogens is 1. The fourth-order valence-electron chi connectivity index (χ4n) is 3.09. The van der Waals surface area contributed by atoms with Crippen molar-refractivity contribution >= 4 is 17.5 Å². The van der Waals surface area contributed by atoms with Gasteiger partial charge in [-0.1, -0.05) is 54.1 Å². The zero-order valence-corrected chi connectivity index (χ0v) is 16.9. The van der Waals surface area contributed by atoms with Crippen LogP contribution in [0.5, 0.6) is 5.75 Å². The summed E-state index contributed by atoms with van der Waals surface area (Å²) in [6.45, 7) is -0.828. The van der Waals surface area contributed by atoms with Gasteiger partial charge < -0.3 is 14.7 Å². The predicted octanol–water partition coefficient (Wildman–Crippen LogP) is 4.82. The number of hydrogen-bond acceptors (Lipinski definition) is 4. The number of aliphatic hydroxyl groups is 1. The zero-order chi connectivity index (χ0) is 22.4. The number of ether oxygens (including phenoxy) is 1. The Labute approximate surface area is 181 Å². The van der Waals surface area contributed by atoms with Crippen molar-refractivity contribution in [1.82, 2.24) is 9.88 Å². The molecule has 162 valence electrons. The van der Waals surface area contributed by atoms with E-state index in [4.69, 9.17) is 11.6 Å². The number of carbonyl (C=O) groups excluding carboxylic acids is 1. The van der Waals surface area contributed by atoms with Crippen molar-refractivity contribution in [3.63, 3.8) is 0 Å². The van der Waals surface area contributed by atoms with Gasteiger partial charge in [0.1, 0.15) is 17.5 Å². The van der Waals surface area contributed by atoms with Crippen molar-refractivity contribution < 1.29 is 27.8 Å². The molecule has 0 radical (unpaired) electrons. The summed E-state index contributed by atoms with van der Waals surface area (Å²) in [4.78, 5) is 17.8. The molecule has 5 nitrogen and oxygen atoms in total. The predicted molar refractivity (Wildman–Crippen MR) is 109 cm³/mol. The van der Waals surface area contributed by atoms with E-state index in [1.165, 1.54) is 23.1 Å². The van der Waals surface area contributed by atoms with Gasteiger partial charge in [0.25, 0.3) is 0 Å². The maximum Gasteiger partial charge on any atom is 0.573 e. The van der Waals surface area contributed by atoms with Crippen LogP contribution in [-0.2, 0) is 17.9 Å². The second kappa shape index (κ2) is 9.80. The van der Waals surface area contributed by atoms with Gasteiger partial charge in [0, 0.05) is 24.8 Å². The first kappa shape index (κ1) is 22.6. The lowest BCUT2D eigenvalue weighted by Gasteiger charge is -2.24. The van der Waals surface area contributed by atoms with Crippen molar-refractivity contribution in [2.75, 3.05) is 6.61 Å². The summed E-state index contributed by atoms with van der Waals surface area (Å²) < 4.78 is 41.5. The van der Waals surface area contributed by atoms with Crippen LogP contribution in [0.4, 0.5) is 13.2 Å². The highest BCUT2D eigenvalue weighted by Crippen LogP contribution is 2.30. The van der Waals surface area contributed by atoms with E-state index in [1.54, 1.807) is 18.3 Å². The molecule has 0 saturated heterocycles. The number of carbonyl (C=O) groups is 1. The molecule has 0 aliphatic carbocycles. The molecule has 1 amide bonds. The number of amides is 1. The van der Waals surface area contributed by atoms with Gasteiger partial charge in [0.2, 0.25) is 5.91 Å². The molecule has 1 aromatic heterocycles. The fourth-order valence-corrected chi connectivity index (χ4v) is 3.31. The van der Waals surface area contributed by atoms with Gasteiger partial charge >= 0.3 is 6.36 Å². The van der Waals surface area contributed by atoms with Crippen LogP contribution in [0.25, 0.3) is 11.1 Å². The van der Waals surface area contributed by atoms with E-state index in [-0.39, 0.29) is 18.2 Å². The average molecular weight is 451 g/mol. The standard InChI is InChI=1S/C22H18ClF3N2O3/c23-21-19(18(9-10-27-21)16-6-2-1-3-7-16)13-28(20(30)14-29)12-15-5-4-8-17(11-15)31-22(24,25)26/h1-11,29H,12-14H2. The molecular formula is C22H18ClF3N2O3. The van der Waals surface area contributed by atoms with E-state index in [0.29, 0.717) is 11.1 Å². The highest BCUT2D eigenvalue weighted by molar-refractivity contribution is 6.30. The van der Waals surface area contributed by atoms with Gasteiger partial charge in [-0.25, -0.2) is 4.98 Å². The van der Waals surface area contributed by atoms with Crippen molar-refractivity contribution in [2.45, 2.75) is 19.5 Å². The highest BCUT2D eigenvalue weighted by Gasteiger charge is 2.31. The highest BCUT2D eigenvalue weighted by atomic mass is 35.5. The van der Waals surface area contributed by atoms with E-state index in [0.717, 1.165) is 11.1 Å². The maximum atomic E-state index is 12.5. The lowest BCUT2D eigenvalue weighted by molar-refractivity contribution is -0.274. The third kappa shape index (κ3) is 6.19. The Hall–Kier alpha value is -3.10. The summed E-state index contributed by atoms with van der Waals surface area (Å²) >= 11 is 6.32. The molecule has 0 aliphatic rings. The SMILES string of the molecule is O=C(CO)N(Cc1cccc(OC(F)(F)F)c1)Cc1c(-c2ccccc2)ccnc1Cl. The first-order valence-electron chi connectivity index (χ1n) is 9.19. The molecule has 0 fully saturated rings. The van der Waals surface area contributed by atoms with Crippen LogP contribution >= 0.6 is 11.6 Å². The smallest absolute Gasteiger partial charge is 0.406 e. The van der Waals surface area contributed by atoms with Gasteiger partial charge in [-0.15, -0.1) is 13.2 Å². The summed E-state index contributed by atoms with van der Waals surface area (Å²) in [6.07, 6.45) is -3.28. The number of rotatable bonds is 7. The lowest BCUT2D eigenvalue weighted by Crippen LogP contribution is -2.32. The molecule has 0 bridgehead atoms. The number of halogens is 4. The van der Waals surface area contributed by atoms with E-state index in [1.807, 2.05) is 30.3 Å². The Morgan fingerprint density at radius 1 is 1.06 bits per heavy atom. The third-order valence-corrected chi connectivity index (χ3v) is 4.76. The van der Waals surface area contributed by atoms with Crippen LogP contribution in [0.3, 0.4) is 0 Å². The fraction of sp³-hybridized carbons (Fsp3) is 0.182. The molecule has 1 heterocycles. The number of alkyl halides is 3. The number of benzene rings is 2. The van der Waals surface area contributed by atoms with E-state index >= 15 is 0 Å². The Kier molecular flexibility index (Phi) is 7.14. The van der Waals surface area contributed by atoms with Gasteiger partial charge in [0.05, 0.1) is 0 Å². The van der Waals surface area contributed by atoms with Crippen molar-refractivity contribution in [3.05, 3.63) is 83.1 Å². The second-order valence-electron chi connectivity index (χ2n) is 6.60. The summed E-state index contributed by atoms with van der Waals surface area (Å²) in [5.74, 6) is -1.01. The molecule has 1 N–H and O–H groups in total. The van der Waals surface area contributed by atoms with Crippen LogP contribution < -0.4 is 4.74 Å². The molecule has 3 aromatic rings. The van der Waals surface area contributed by atoms with Crippen LogP contribution in [0, 0.1) is 0 Å². The van der Waals surface area contributed by atoms with Gasteiger partial charge in [0.15, 0.2) is 0 Å². The second-order valence-corrected chi connectivity index (χ2v) is 6.96. The first-order valence-corrected chi connectivity index (χ1v) is 9.57. The minimum Gasteiger partial charge on any atom is -0.406 e. The van der Waals surface area contributed by atoms with Gasteiger partial charge in [-0.2, -0.15) is 0 Å². The molecular weight excluding hydrogens is 433 g/mol. The summed E-state index contributed by atoms with van der Waals surface area (Å²) in [7, 11) is 0. The largest absolute Gasteiger partial charge is 0.573 e. The Morgan fingerprint density at radius 3 is 2.48 bits per heavy atom. The number of hydrogen-bond donors (Lipinski definition) is 1. The third-order valence-electron chi connectivity index (χ3n) is 4.43. The van der Waals surface area contributed by atoms with Crippen LogP contribution in [0.15, 0.2) is 66.9 Å². The molecule has 9 heteroatoms. The van der Waals surface area contributed by atoms with Crippen molar-refractivity contribution in [2.24, 2.45) is 0 Å². The molecule has 2 aromatic carbocycles. The molecule has 31 heavy (non-hydrogen) atoms. The Bertz CT molecular complexity index is 1050. The van der Waals surface area contributed by atoms with Crippen molar-refractivity contribution in [1.29, 1.82) is 0 Å². The number of nitrogens with zero attached hydrogens (tertiary/aromatic N) is 2. The molecule has 0 atom stereocenters. The van der Waals surface area contributed by atoms with Gasteiger partial charge in [-0.05, 0) is 34.9 Å². The Balaban J connectivity index is 1.91. The topological polar surface area (TPSA) is 62.7 Å². The zero-order valence-electron chi connectivity index (χ0n) is 16.1. The van der Waals surface area contributed by atoms with Crippen LogP contribution in [0.1, 0.15) is 11.1 Å². The minimum atomic E-state index is -4.83. The molecule has 0 spiro atoms. The average Bonchev–Trinajstić information content (AvgIpc) is 2.73. The quantitative estimate of drug-likeness (QED) is 0.524. The first-order chi connectivity index (χ1) is 14.8.